The number of aryl methyl sites for hydroxylation is 1. The zero-order valence-corrected chi connectivity index (χ0v) is 10.6. The van der Waals surface area contributed by atoms with Crippen LogP contribution in [0.5, 0.6) is 5.75 Å². The number of halogens is 2. The quantitative estimate of drug-likeness (QED) is 0.923. The number of thiophene rings is 1. The Morgan fingerprint density at radius 2 is 2.06 bits per heavy atom. The first-order valence-corrected chi connectivity index (χ1v) is 6.35. The highest BCUT2D eigenvalue weighted by molar-refractivity contribution is 7.10. The van der Waals surface area contributed by atoms with Gasteiger partial charge in [0.25, 0.3) is 0 Å². The van der Waals surface area contributed by atoms with E-state index in [1.807, 2.05) is 17.5 Å². The fourth-order valence-electron chi connectivity index (χ4n) is 1.61. The first kappa shape index (κ1) is 13.0. The van der Waals surface area contributed by atoms with Gasteiger partial charge in [-0.3, -0.25) is 0 Å². The minimum absolute atomic E-state index is 0.277. The Hall–Kier alpha value is -1.46. The predicted molar refractivity (Wildman–Crippen MR) is 67.8 cm³/mol. The number of rotatable bonds is 4. The van der Waals surface area contributed by atoms with E-state index < -0.39 is 11.6 Å². The van der Waals surface area contributed by atoms with Crippen molar-refractivity contribution in [3.63, 3.8) is 0 Å². The van der Waals surface area contributed by atoms with E-state index in [0.29, 0.717) is 11.3 Å². The summed E-state index contributed by atoms with van der Waals surface area (Å²) in [7, 11) is 0. The SMILES string of the molecule is Cc1cc(F)c(F)cc1OC(CN)c1cccs1. The van der Waals surface area contributed by atoms with Crippen LogP contribution in [0.15, 0.2) is 29.6 Å². The standard InChI is InChI=1S/C13H13F2NOS/c1-8-5-9(14)10(15)6-11(8)17-12(7-16)13-3-2-4-18-13/h2-6,12H,7,16H2,1H3. The topological polar surface area (TPSA) is 35.2 Å². The van der Waals surface area contributed by atoms with Crippen LogP contribution in [0.3, 0.4) is 0 Å². The minimum Gasteiger partial charge on any atom is -0.483 e. The third-order valence-electron chi connectivity index (χ3n) is 2.56. The Labute approximate surface area is 108 Å². The van der Waals surface area contributed by atoms with Gasteiger partial charge in [-0.1, -0.05) is 6.07 Å². The molecule has 5 heteroatoms. The molecule has 18 heavy (non-hydrogen) atoms. The van der Waals surface area contributed by atoms with Crippen LogP contribution in [0.1, 0.15) is 16.5 Å². The van der Waals surface area contributed by atoms with Gasteiger partial charge in [-0.15, -0.1) is 11.3 Å². The summed E-state index contributed by atoms with van der Waals surface area (Å²) in [6.45, 7) is 1.94. The number of benzene rings is 1. The lowest BCUT2D eigenvalue weighted by Crippen LogP contribution is -2.18. The van der Waals surface area contributed by atoms with Gasteiger partial charge in [0.05, 0.1) is 0 Å². The van der Waals surface area contributed by atoms with Crippen molar-refractivity contribution in [3.8, 4) is 5.75 Å². The van der Waals surface area contributed by atoms with Crippen molar-refractivity contribution in [1.82, 2.24) is 0 Å². The average Bonchev–Trinajstić information content (AvgIpc) is 2.85. The van der Waals surface area contributed by atoms with E-state index >= 15 is 0 Å². The first-order valence-electron chi connectivity index (χ1n) is 5.47. The van der Waals surface area contributed by atoms with E-state index in [-0.39, 0.29) is 12.6 Å². The molecule has 1 aromatic heterocycles. The highest BCUT2D eigenvalue weighted by Crippen LogP contribution is 2.28. The Morgan fingerprint density at radius 1 is 1.33 bits per heavy atom. The molecular formula is C13H13F2NOS. The van der Waals surface area contributed by atoms with E-state index in [0.717, 1.165) is 17.0 Å². The van der Waals surface area contributed by atoms with E-state index in [2.05, 4.69) is 0 Å². The van der Waals surface area contributed by atoms with Gasteiger partial charge >= 0.3 is 0 Å². The highest BCUT2D eigenvalue weighted by atomic mass is 32.1. The molecule has 2 rings (SSSR count). The van der Waals surface area contributed by atoms with Gasteiger partial charge in [0.2, 0.25) is 0 Å². The smallest absolute Gasteiger partial charge is 0.162 e. The molecule has 1 atom stereocenters. The van der Waals surface area contributed by atoms with Crippen LogP contribution in [0.2, 0.25) is 0 Å². The van der Waals surface area contributed by atoms with Crippen LogP contribution in [-0.4, -0.2) is 6.54 Å². The summed E-state index contributed by atoms with van der Waals surface area (Å²) in [4.78, 5) is 0.960. The van der Waals surface area contributed by atoms with Crippen LogP contribution in [0, 0.1) is 18.6 Å². The average molecular weight is 269 g/mol. The summed E-state index contributed by atoms with van der Waals surface area (Å²) in [5.41, 5.74) is 6.19. The molecule has 2 N–H and O–H groups in total. The van der Waals surface area contributed by atoms with Crippen LogP contribution in [0.4, 0.5) is 8.78 Å². The highest BCUT2D eigenvalue weighted by Gasteiger charge is 2.15. The fraction of sp³-hybridized carbons (Fsp3) is 0.231. The molecule has 96 valence electrons. The van der Waals surface area contributed by atoms with Crippen molar-refractivity contribution in [2.75, 3.05) is 6.54 Å². The van der Waals surface area contributed by atoms with Gasteiger partial charge < -0.3 is 10.5 Å². The third kappa shape index (κ3) is 2.68. The van der Waals surface area contributed by atoms with Crippen molar-refractivity contribution >= 4 is 11.3 Å². The maximum atomic E-state index is 13.2. The first-order chi connectivity index (χ1) is 8.61. The van der Waals surface area contributed by atoms with Crippen molar-refractivity contribution in [1.29, 1.82) is 0 Å². The third-order valence-corrected chi connectivity index (χ3v) is 3.53. The zero-order chi connectivity index (χ0) is 13.1. The predicted octanol–water partition coefficient (Wildman–Crippen LogP) is 3.41. The summed E-state index contributed by atoms with van der Waals surface area (Å²) in [5, 5.41) is 1.92. The molecule has 0 bridgehead atoms. The van der Waals surface area contributed by atoms with Crippen molar-refractivity contribution in [3.05, 3.63) is 51.7 Å². The molecule has 0 saturated heterocycles. The van der Waals surface area contributed by atoms with E-state index in [1.54, 1.807) is 6.92 Å². The molecule has 0 radical (unpaired) electrons. The molecule has 0 amide bonds. The van der Waals surface area contributed by atoms with Crippen molar-refractivity contribution < 1.29 is 13.5 Å². The Kier molecular flexibility index (Phi) is 3.93. The summed E-state index contributed by atoms with van der Waals surface area (Å²) < 4.78 is 31.8. The van der Waals surface area contributed by atoms with Crippen LogP contribution in [0.25, 0.3) is 0 Å². The van der Waals surface area contributed by atoms with Crippen molar-refractivity contribution in [2.45, 2.75) is 13.0 Å². The Bertz CT molecular complexity index is 528. The van der Waals surface area contributed by atoms with Gasteiger partial charge in [0.15, 0.2) is 11.6 Å². The summed E-state index contributed by atoms with van der Waals surface area (Å²) in [6.07, 6.45) is -0.339. The fourth-order valence-corrected chi connectivity index (χ4v) is 2.37. The van der Waals surface area contributed by atoms with Gasteiger partial charge in [-0.05, 0) is 30.0 Å². The second kappa shape index (κ2) is 5.46. The minimum atomic E-state index is -0.919. The molecule has 0 spiro atoms. The second-order valence-electron chi connectivity index (χ2n) is 3.89. The van der Waals surface area contributed by atoms with Crippen LogP contribution < -0.4 is 10.5 Å². The molecule has 0 aliphatic rings. The number of hydrogen-bond donors (Lipinski definition) is 1. The maximum Gasteiger partial charge on any atom is 0.162 e. The van der Waals surface area contributed by atoms with Gasteiger partial charge in [-0.25, -0.2) is 8.78 Å². The molecule has 0 saturated carbocycles. The molecule has 0 aliphatic heterocycles. The van der Waals surface area contributed by atoms with E-state index in [4.69, 9.17) is 10.5 Å². The Morgan fingerprint density at radius 3 is 2.67 bits per heavy atom. The number of ether oxygens (including phenoxy) is 1. The second-order valence-corrected chi connectivity index (χ2v) is 4.87. The summed E-state index contributed by atoms with van der Waals surface area (Å²) in [6, 6.07) is 5.97. The lowest BCUT2D eigenvalue weighted by atomic mass is 10.2. The van der Waals surface area contributed by atoms with Gasteiger partial charge in [0.1, 0.15) is 11.9 Å². The zero-order valence-electron chi connectivity index (χ0n) is 9.82. The van der Waals surface area contributed by atoms with Crippen LogP contribution in [-0.2, 0) is 0 Å². The molecule has 1 heterocycles. The van der Waals surface area contributed by atoms with Gasteiger partial charge in [-0.2, -0.15) is 0 Å². The van der Waals surface area contributed by atoms with Crippen LogP contribution >= 0.6 is 11.3 Å². The number of hydrogen-bond acceptors (Lipinski definition) is 3. The van der Waals surface area contributed by atoms with E-state index in [1.165, 1.54) is 11.3 Å². The monoisotopic (exact) mass is 269 g/mol. The number of nitrogens with two attached hydrogens (primary N) is 1. The molecule has 2 aromatic rings. The normalized spacial score (nSPS) is 12.4. The maximum absolute atomic E-state index is 13.2. The largest absolute Gasteiger partial charge is 0.483 e. The summed E-state index contributed by atoms with van der Waals surface area (Å²) >= 11 is 1.52. The molecule has 0 aliphatic carbocycles. The Balaban J connectivity index is 2.25. The molecule has 1 unspecified atom stereocenters. The van der Waals surface area contributed by atoms with E-state index in [9.17, 15) is 8.78 Å². The molecule has 1 aromatic carbocycles. The molecule has 2 nitrogen and oxygen atoms in total. The van der Waals surface area contributed by atoms with Crippen molar-refractivity contribution in [2.24, 2.45) is 5.73 Å². The summed E-state index contributed by atoms with van der Waals surface area (Å²) in [5.74, 6) is -1.48. The van der Waals surface area contributed by atoms with Gasteiger partial charge in [0, 0.05) is 17.5 Å². The molecule has 0 fully saturated rings. The lowest BCUT2D eigenvalue weighted by molar-refractivity contribution is 0.215. The molecular weight excluding hydrogens is 256 g/mol. The lowest BCUT2D eigenvalue weighted by Gasteiger charge is -2.17.